The number of hydrogen-bond acceptors (Lipinski definition) is 3. The first-order chi connectivity index (χ1) is 6.77. The molecule has 0 aromatic carbocycles. The molecule has 0 aromatic heterocycles. The van der Waals surface area contributed by atoms with Gasteiger partial charge in [-0.2, -0.15) is 0 Å². The Kier molecular flexibility index (Phi) is 22.5. The molecular formula is C9H18O3S3. The van der Waals surface area contributed by atoms with E-state index in [9.17, 15) is 14.4 Å². The van der Waals surface area contributed by atoms with Gasteiger partial charge in [0.25, 0.3) is 0 Å². The van der Waals surface area contributed by atoms with E-state index in [2.05, 4.69) is 37.9 Å². The Morgan fingerprint density at radius 1 is 0.933 bits per heavy atom. The summed E-state index contributed by atoms with van der Waals surface area (Å²) in [5.74, 6) is 0. The predicted molar refractivity (Wildman–Crippen MR) is 72.9 cm³/mol. The van der Waals surface area contributed by atoms with Crippen LogP contribution in [0.2, 0.25) is 0 Å². The van der Waals surface area contributed by atoms with E-state index in [0.29, 0.717) is 12.8 Å². The molecule has 6 heteroatoms. The summed E-state index contributed by atoms with van der Waals surface area (Å²) < 4.78 is 0. The molecule has 0 aliphatic carbocycles. The zero-order valence-corrected chi connectivity index (χ0v) is 11.9. The predicted octanol–water partition coefficient (Wildman–Crippen LogP) is 2.56. The van der Waals surface area contributed by atoms with Crippen LogP contribution >= 0.6 is 37.9 Å². The lowest BCUT2D eigenvalue weighted by Crippen LogP contribution is -1.80. The third-order valence-electron chi connectivity index (χ3n) is 0.766. The van der Waals surface area contributed by atoms with Crippen molar-refractivity contribution in [2.45, 2.75) is 40.0 Å². The summed E-state index contributed by atoms with van der Waals surface area (Å²) >= 11 is 10.3. The minimum absolute atomic E-state index is 0.0162. The molecule has 90 valence electrons. The van der Waals surface area contributed by atoms with Crippen LogP contribution in [-0.2, 0) is 14.4 Å². The monoisotopic (exact) mass is 270 g/mol. The molecular weight excluding hydrogens is 252 g/mol. The first-order valence-electron chi connectivity index (χ1n) is 4.40. The van der Waals surface area contributed by atoms with Crippen LogP contribution in [0.1, 0.15) is 40.0 Å². The Morgan fingerprint density at radius 2 is 1.20 bits per heavy atom. The van der Waals surface area contributed by atoms with Gasteiger partial charge in [-0.05, 0) is 6.42 Å². The van der Waals surface area contributed by atoms with Crippen LogP contribution in [-0.4, -0.2) is 15.3 Å². The van der Waals surface area contributed by atoms with Crippen molar-refractivity contribution in [1.29, 1.82) is 0 Å². The maximum absolute atomic E-state index is 9.91. The van der Waals surface area contributed by atoms with Gasteiger partial charge in [0.1, 0.15) is 0 Å². The van der Waals surface area contributed by atoms with Crippen LogP contribution < -0.4 is 0 Å². The van der Waals surface area contributed by atoms with Crippen LogP contribution in [0.3, 0.4) is 0 Å². The molecule has 0 radical (unpaired) electrons. The smallest absolute Gasteiger partial charge is 0.185 e. The normalized spacial score (nSPS) is 7.60. The summed E-state index contributed by atoms with van der Waals surface area (Å²) in [6.45, 7) is 5.12. The minimum Gasteiger partial charge on any atom is -0.288 e. The highest BCUT2D eigenvalue weighted by molar-refractivity contribution is 7.96. The lowest BCUT2D eigenvalue weighted by molar-refractivity contribution is -0.111. The Labute approximate surface area is 108 Å². The van der Waals surface area contributed by atoms with Gasteiger partial charge in [0, 0.05) is 19.8 Å². The van der Waals surface area contributed by atoms with Crippen molar-refractivity contribution in [3.63, 3.8) is 0 Å². The van der Waals surface area contributed by atoms with E-state index in [0.717, 1.165) is 6.42 Å². The van der Waals surface area contributed by atoms with Gasteiger partial charge in [-0.3, -0.25) is 14.4 Å². The average molecular weight is 270 g/mol. The molecule has 0 atom stereocenters. The summed E-state index contributed by atoms with van der Waals surface area (Å²) in [5, 5.41) is -0.206. The first kappa shape index (κ1) is 20.5. The SMILES string of the molecule is CC(=O)S.CCC(=O)S.CCCC(=O)S. The summed E-state index contributed by atoms with van der Waals surface area (Å²) in [6.07, 6.45) is 2.04. The standard InChI is InChI=1S/C4H8OS.C3H6OS.C2H4OS/c1-2-3-4(5)6;1-2-3(4)5;1-2(3)4/h2-3H2,1H3,(H,5,6);2H2,1H3,(H,4,5);1H3,(H,3,4). The second-order valence-electron chi connectivity index (χ2n) is 2.41. The molecule has 0 saturated carbocycles. The third-order valence-corrected chi connectivity index (χ3v) is 1.31. The van der Waals surface area contributed by atoms with E-state index in [-0.39, 0.29) is 15.3 Å². The van der Waals surface area contributed by atoms with Crippen molar-refractivity contribution in [3.8, 4) is 0 Å². The minimum atomic E-state index is -0.139. The molecule has 0 unspecified atom stereocenters. The molecule has 0 aliphatic heterocycles. The lowest BCUT2D eigenvalue weighted by Gasteiger charge is -1.79. The van der Waals surface area contributed by atoms with Gasteiger partial charge in [0.15, 0.2) is 15.3 Å². The molecule has 0 rings (SSSR count). The highest BCUT2D eigenvalue weighted by atomic mass is 32.1. The van der Waals surface area contributed by atoms with Crippen LogP contribution in [0, 0.1) is 0 Å². The molecule has 0 amide bonds. The van der Waals surface area contributed by atoms with Crippen molar-refractivity contribution in [2.24, 2.45) is 0 Å². The fourth-order valence-electron chi connectivity index (χ4n) is 0.214. The van der Waals surface area contributed by atoms with Crippen molar-refractivity contribution < 1.29 is 14.4 Å². The zero-order valence-electron chi connectivity index (χ0n) is 9.19. The van der Waals surface area contributed by atoms with E-state index in [1.54, 1.807) is 6.92 Å². The van der Waals surface area contributed by atoms with Gasteiger partial charge in [0.05, 0.1) is 0 Å². The van der Waals surface area contributed by atoms with Crippen molar-refractivity contribution in [2.75, 3.05) is 0 Å². The van der Waals surface area contributed by atoms with Gasteiger partial charge >= 0.3 is 0 Å². The molecule has 15 heavy (non-hydrogen) atoms. The summed E-state index contributed by atoms with van der Waals surface area (Å²) in [4.78, 5) is 28.9. The van der Waals surface area contributed by atoms with E-state index < -0.39 is 0 Å². The molecule has 0 saturated heterocycles. The van der Waals surface area contributed by atoms with E-state index in [1.807, 2.05) is 6.92 Å². The van der Waals surface area contributed by atoms with Gasteiger partial charge in [-0.15, -0.1) is 37.9 Å². The quantitative estimate of drug-likeness (QED) is 0.691. The highest BCUT2D eigenvalue weighted by Crippen LogP contribution is 1.89. The van der Waals surface area contributed by atoms with E-state index in [4.69, 9.17) is 0 Å². The number of thiol groups is 3. The molecule has 0 heterocycles. The molecule has 0 spiro atoms. The Bertz CT molecular complexity index is 189. The van der Waals surface area contributed by atoms with Crippen molar-refractivity contribution in [1.82, 2.24) is 0 Å². The molecule has 0 aromatic rings. The number of carbonyl (C=O) groups excluding carboxylic acids is 3. The Balaban J connectivity index is -0.000000147. The van der Waals surface area contributed by atoms with Crippen LogP contribution in [0.5, 0.6) is 0 Å². The Morgan fingerprint density at radius 3 is 1.20 bits per heavy atom. The maximum atomic E-state index is 9.91. The molecule has 0 N–H and O–H groups in total. The van der Waals surface area contributed by atoms with Crippen LogP contribution in [0.25, 0.3) is 0 Å². The van der Waals surface area contributed by atoms with E-state index >= 15 is 0 Å². The third kappa shape index (κ3) is 79.9. The van der Waals surface area contributed by atoms with Gasteiger partial charge in [-0.25, -0.2) is 0 Å². The topological polar surface area (TPSA) is 51.2 Å². The average Bonchev–Trinajstić information content (AvgIpc) is 2.03. The summed E-state index contributed by atoms with van der Waals surface area (Å²) in [6, 6.07) is 0. The van der Waals surface area contributed by atoms with E-state index in [1.165, 1.54) is 6.92 Å². The van der Waals surface area contributed by atoms with Gasteiger partial charge < -0.3 is 0 Å². The van der Waals surface area contributed by atoms with Crippen LogP contribution in [0.4, 0.5) is 0 Å². The van der Waals surface area contributed by atoms with Crippen LogP contribution in [0.15, 0.2) is 0 Å². The van der Waals surface area contributed by atoms with Gasteiger partial charge in [-0.1, -0.05) is 13.8 Å². The van der Waals surface area contributed by atoms with Gasteiger partial charge in [0.2, 0.25) is 0 Å². The largest absolute Gasteiger partial charge is 0.288 e. The molecule has 3 nitrogen and oxygen atoms in total. The molecule has 0 aliphatic rings. The second-order valence-corrected chi connectivity index (χ2v) is 4.04. The first-order valence-corrected chi connectivity index (χ1v) is 5.75. The van der Waals surface area contributed by atoms with Crippen molar-refractivity contribution >= 4 is 53.2 Å². The number of rotatable bonds is 3. The zero-order chi connectivity index (χ0) is 12.9. The lowest BCUT2D eigenvalue weighted by atomic mass is 10.4. The Hall–Kier alpha value is 0.0600. The number of hydrogen-bond donors (Lipinski definition) is 3. The maximum Gasteiger partial charge on any atom is 0.185 e. The summed E-state index contributed by atoms with van der Waals surface area (Å²) in [7, 11) is 0. The molecule has 0 bridgehead atoms. The summed E-state index contributed by atoms with van der Waals surface area (Å²) in [5.41, 5.74) is 0. The fourth-order valence-corrected chi connectivity index (χ4v) is 0.437. The second kappa shape index (κ2) is 16.5. The van der Waals surface area contributed by atoms with Crippen molar-refractivity contribution in [3.05, 3.63) is 0 Å². The highest BCUT2D eigenvalue weighted by Gasteiger charge is 1.85. The fraction of sp³-hybridized carbons (Fsp3) is 0.667. The number of carbonyl (C=O) groups is 3. The molecule has 0 fully saturated rings.